The molecule has 0 aliphatic heterocycles. The van der Waals surface area contributed by atoms with Gasteiger partial charge in [0, 0.05) is 17.4 Å². The fourth-order valence-corrected chi connectivity index (χ4v) is 2.18. The fourth-order valence-electron chi connectivity index (χ4n) is 1.79. The van der Waals surface area contributed by atoms with Crippen LogP contribution in [0.1, 0.15) is 22.3 Å². The van der Waals surface area contributed by atoms with E-state index in [4.69, 9.17) is 0 Å². The maximum atomic E-state index is 4.56. The quantitative estimate of drug-likeness (QED) is 0.584. The minimum atomic E-state index is 1.04. The van der Waals surface area contributed by atoms with Crippen molar-refractivity contribution in [2.24, 2.45) is 4.40 Å². The van der Waals surface area contributed by atoms with Gasteiger partial charge < -0.3 is 0 Å². The maximum absolute atomic E-state index is 4.56. The smallest absolute Gasteiger partial charge is 0.0857 e. The number of benzene rings is 2. The Bertz CT molecular complexity index is 491. The molecule has 0 aromatic heterocycles. The standard InChI is InChI=1S/C16H17NS/c1-12-4-8-14(9-5-12)16(17-18-3)15-10-6-13(2)7-11-15/h4-11H,1-3H3. The lowest BCUT2D eigenvalue weighted by atomic mass is 10.0. The van der Waals surface area contributed by atoms with Gasteiger partial charge in [-0.25, -0.2) is 4.40 Å². The molecule has 92 valence electrons. The molecule has 0 heterocycles. The molecule has 0 saturated heterocycles. The average Bonchev–Trinajstić information content (AvgIpc) is 2.39. The molecular formula is C16H17NS. The molecule has 0 bridgehead atoms. The van der Waals surface area contributed by atoms with Crippen LogP contribution in [0.25, 0.3) is 0 Å². The summed E-state index contributed by atoms with van der Waals surface area (Å²) in [5, 5.41) is 0. The monoisotopic (exact) mass is 255 g/mol. The topological polar surface area (TPSA) is 12.4 Å². The number of hydrogen-bond acceptors (Lipinski definition) is 2. The summed E-state index contributed by atoms with van der Waals surface area (Å²) >= 11 is 1.50. The van der Waals surface area contributed by atoms with E-state index in [0.29, 0.717) is 0 Å². The Morgan fingerprint density at radius 2 is 1.17 bits per heavy atom. The molecule has 2 aromatic carbocycles. The second kappa shape index (κ2) is 5.87. The van der Waals surface area contributed by atoms with Gasteiger partial charge in [0.2, 0.25) is 0 Å². The van der Waals surface area contributed by atoms with Crippen LogP contribution in [-0.4, -0.2) is 12.0 Å². The first-order valence-corrected chi connectivity index (χ1v) is 7.14. The average molecular weight is 255 g/mol. The van der Waals surface area contributed by atoms with Gasteiger partial charge in [-0.2, -0.15) is 0 Å². The number of aryl methyl sites for hydroxylation is 2. The lowest BCUT2D eigenvalue weighted by Gasteiger charge is -2.07. The van der Waals surface area contributed by atoms with Gasteiger partial charge in [-0.15, -0.1) is 0 Å². The zero-order chi connectivity index (χ0) is 13.0. The molecule has 0 atom stereocenters. The van der Waals surface area contributed by atoms with Crippen LogP contribution in [0.4, 0.5) is 0 Å². The van der Waals surface area contributed by atoms with Crippen molar-refractivity contribution in [3.63, 3.8) is 0 Å². The van der Waals surface area contributed by atoms with Crippen LogP contribution in [0.15, 0.2) is 52.9 Å². The Morgan fingerprint density at radius 1 is 0.778 bits per heavy atom. The second-order valence-electron chi connectivity index (χ2n) is 4.35. The summed E-state index contributed by atoms with van der Waals surface area (Å²) in [4.78, 5) is 0. The number of rotatable bonds is 3. The predicted octanol–water partition coefficient (Wildman–Crippen LogP) is 4.42. The number of hydrogen-bond donors (Lipinski definition) is 0. The van der Waals surface area contributed by atoms with Crippen LogP contribution in [0.5, 0.6) is 0 Å². The zero-order valence-corrected chi connectivity index (χ0v) is 11.8. The van der Waals surface area contributed by atoms with Crippen LogP contribution in [-0.2, 0) is 0 Å². The SMILES string of the molecule is CSN=C(c1ccc(C)cc1)c1ccc(C)cc1. The molecule has 1 nitrogen and oxygen atoms in total. The van der Waals surface area contributed by atoms with E-state index in [0.717, 1.165) is 5.71 Å². The molecule has 0 spiro atoms. The molecule has 0 fully saturated rings. The molecule has 2 rings (SSSR count). The van der Waals surface area contributed by atoms with Gasteiger partial charge in [0.05, 0.1) is 5.71 Å². The summed E-state index contributed by atoms with van der Waals surface area (Å²) in [6.07, 6.45) is 1.99. The van der Waals surface area contributed by atoms with Crippen molar-refractivity contribution >= 4 is 17.7 Å². The van der Waals surface area contributed by atoms with E-state index in [1.165, 1.54) is 34.2 Å². The van der Waals surface area contributed by atoms with E-state index in [1.54, 1.807) is 0 Å². The minimum absolute atomic E-state index is 1.04. The second-order valence-corrected chi connectivity index (χ2v) is 4.90. The summed E-state index contributed by atoms with van der Waals surface area (Å²) in [6, 6.07) is 17.0. The van der Waals surface area contributed by atoms with Gasteiger partial charge >= 0.3 is 0 Å². The van der Waals surface area contributed by atoms with Gasteiger partial charge in [-0.3, -0.25) is 0 Å². The van der Waals surface area contributed by atoms with Gasteiger partial charge in [0.25, 0.3) is 0 Å². The summed E-state index contributed by atoms with van der Waals surface area (Å²) in [5.41, 5.74) is 5.91. The lowest BCUT2D eigenvalue weighted by molar-refractivity contribution is 1.44. The highest BCUT2D eigenvalue weighted by Gasteiger charge is 2.06. The predicted molar refractivity (Wildman–Crippen MR) is 81.5 cm³/mol. The molecule has 2 aromatic rings. The summed E-state index contributed by atoms with van der Waals surface area (Å²) in [6.45, 7) is 4.20. The van der Waals surface area contributed by atoms with Gasteiger partial charge in [-0.1, -0.05) is 59.7 Å². The normalized spacial score (nSPS) is 10.2. The first kappa shape index (κ1) is 12.9. The van der Waals surface area contributed by atoms with Crippen molar-refractivity contribution in [2.45, 2.75) is 13.8 Å². The van der Waals surface area contributed by atoms with E-state index in [-0.39, 0.29) is 0 Å². The highest BCUT2D eigenvalue weighted by atomic mass is 32.2. The first-order chi connectivity index (χ1) is 8.70. The summed E-state index contributed by atoms with van der Waals surface area (Å²) in [7, 11) is 0. The van der Waals surface area contributed by atoms with Crippen molar-refractivity contribution < 1.29 is 0 Å². The first-order valence-electron chi connectivity index (χ1n) is 5.96. The van der Waals surface area contributed by atoms with Crippen molar-refractivity contribution in [2.75, 3.05) is 6.26 Å². The van der Waals surface area contributed by atoms with Crippen LogP contribution < -0.4 is 0 Å². The largest absolute Gasteiger partial charge is 0.216 e. The maximum Gasteiger partial charge on any atom is 0.0857 e. The van der Waals surface area contributed by atoms with Gasteiger partial charge in [0.1, 0.15) is 0 Å². The third-order valence-corrected chi connectivity index (χ3v) is 3.20. The Morgan fingerprint density at radius 3 is 1.50 bits per heavy atom. The Kier molecular flexibility index (Phi) is 4.21. The highest BCUT2D eigenvalue weighted by Crippen LogP contribution is 2.15. The molecule has 0 aliphatic rings. The molecule has 18 heavy (non-hydrogen) atoms. The van der Waals surface area contributed by atoms with E-state index in [9.17, 15) is 0 Å². The Hall–Kier alpha value is -1.54. The molecular weight excluding hydrogens is 238 g/mol. The minimum Gasteiger partial charge on any atom is -0.216 e. The third kappa shape index (κ3) is 3.02. The molecule has 0 aliphatic carbocycles. The lowest BCUT2D eigenvalue weighted by Crippen LogP contribution is -2.02. The molecule has 0 radical (unpaired) electrons. The van der Waals surface area contributed by atoms with E-state index < -0.39 is 0 Å². The van der Waals surface area contributed by atoms with Crippen molar-refractivity contribution in [3.05, 3.63) is 70.8 Å². The van der Waals surface area contributed by atoms with E-state index >= 15 is 0 Å². The van der Waals surface area contributed by atoms with E-state index in [2.05, 4.69) is 66.8 Å². The fraction of sp³-hybridized carbons (Fsp3) is 0.188. The highest BCUT2D eigenvalue weighted by molar-refractivity contribution is 7.97. The zero-order valence-electron chi connectivity index (χ0n) is 11.0. The van der Waals surface area contributed by atoms with Crippen LogP contribution >= 0.6 is 11.9 Å². The Labute approximate surface area is 113 Å². The molecule has 0 amide bonds. The third-order valence-electron chi connectivity index (χ3n) is 2.83. The van der Waals surface area contributed by atoms with Crippen molar-refractivity contribution in [1.29, 1.82) is 0 Å². The van der Waals surface area contributed by atoms with Crippen LogP contribution in [0.2, 0.25) is 0 Å². The van der Waals surface area contributed by atoms with Crippen LogP contribution in [0, 0.1) is 13.8 Å². The van der Waals surface area contributed by atoms with E-state index in [1.807, 2.05) is 6.26 Å². The van der Waals surface area contributed by atoms with Crippen LogP contribution in [0.3, 0.4) is 0 Å². The Balaban J connectivity index is 2.43. The molecule has 0 N–H and O–H groups in total. The van der Waals surface area contributed by atoms with Gasteiger partial charge in [-0.05, 0) is 25.8 Å². The molecule has 0 saturated carbocycles. The van der Waals surface area contributed by atoms with Gasteiger partial charge in [0.15, 0.2) is 0 Å². The summed E-state index contributed by atoms with van der Waals surface area (Å²) < 4.78 is 4.56. The van der Waals surface area contributed by atoms with Crippen molar-refractivity contribution in [1.82, 2.24) is 0 Å². The molecule has 0 unspecified atom stereocenters. The molecule has 2 heteroatoms. The number of nitrogens with zero attached hydrogens (tertiary/aromatic N) is 1. The van der Waals surface area contributed by atoms with Crippen molar-refractivity contribution in [3.8, 4) is 0 Å². The summed E-state index contributed by atoms with van der Waals surface area (Å²) in [5.74, 6) is 0.